The first kappa shape index (κ1) is 17.0. The maximum absolute atomic E-state index is 11.5. The molecule has 3 rings (SSSR count). The number of para-hydroxylation sites is 2. The summed E-state index contributed by atoms with van der Waals surface area (Å²) in [6.45, 7) is 7.76. The molecule has 1 aromatic carbocycles. The molecule has 0 bridgehead atoms. The SMILES string of the molecule is COc1ccccc1N1CCN(Cc2csc(C(C)=O)c2)C(C)C1. The molecule has 5 heteroatoms. The Hall–Kier alpha value is -1.85. The van der Waals surface area contributed by atoms with Crippen LogP contribution >= 0.6 is 11.3 Å². The van der Waals surface area contributed by atoms with Gasteiger partial charge in [0.15, 0.2) is 5.78 Å². The average molecular weight is 344 g/mol. The zero-order valence-electron chi connectivity index (χ0n) is 14.5. The summed E-state index contributed by atoms with van der Waals surface area (Å²) in [6, 6.07) is 10.7. The van der Waals surface area contributed by atoms with E-state index >= 15 is 0 Å². The molecule has 1 aliphatic rings. The van der Waals surface area contributed by atoms with E-state index in [1.54, 1.807) is 25.4 Å². The van der Waals surface area contributed by atoms with Crippen molar-refractivity contribution in [3.63, 3.8) is 0 Å². The number of ketones is 1. The number of carbonyl (C=O) groups is 1. The Morgan fingerprint density at radius 1 is 1.33 bits per heavy atom. The molecule has 2 heterocycles. The Kier molecular flexibility index (Phi) is 5.21. The van der Waals surface area contributed by atoms with Gasteiger partial charge in [-0.1, -0.05) is 12.1 Å². The molecule has 0 amide bonds. The fourth-order valence-electron chi connectivity index (χ4n) is 3.22. The van der Waals surface area contributed by atoms with Gasteiger partial charge in [0.25, 0.3) is 0 Å². The van der Waals surface area contributed by atoms with Gasteiger partial charge in [0.2, 0.25) is 0 Å². The van der Waals surface area contributed by atoms with E-state index in [0.29, 0.717) is 6.04 Å². The van der Waals surface area contributed by atoms with Gasteiger partial charge in [0.05, 0.1) is 17.7 Å². The molecular weight excluding hydrogens is 320 g/mol. The van der Waals surface area contributed by atoms with Crippen molar-refractivity contribution < 1.29 is 9.53 Å². The van der Waals surface area contributed by atoms with Crippen molar-refractivity contribution in [2.45, 2.75) is 26.4 Å². The molecule has 128 valence electrons. The Bertz CT molecular complexity index is 713. The highest BCUT2D eigenvalue weighted by atomic mass is 32.1. The second kappa shape index (κ2) is 7.36. The first-order chi connectivity index (χ1) is 11.6. The fourth-order valence-corrected chi connectivity index (χ4v) is 4.02. The molecule has 0 radical (unpaired) electrons. The number of hydrogen-bond donors (Lipinski definition) is 0. The smallest absolute Gasteiger partial charge is 0.169 e. The minimum absolute atomic E-state index is 0.153. The third-order valence-corrected chi connectivity index (χ3v) is 5.66. The average Bonchev–Trinajstić information content (AvgIpc) is 3.05. The predicted octanol–water partition coefficient (Wildman–Crippen LogP) is 3.67. The topological polar surface area (TPSA) is 32.8 Å². The van der Waals surface area contributed by atoms with Crippen LogP contribution in [0.15, 0.2) is 35.7 Å². The normalized spacial score (nSPS) is 18.6. The van der Waals surface area contributed by atoms with E-state index in [1.807, 2.05) is 18.2 Å². The number of piperazine rings is 1. The third-order valence-electron chi connectivity index (χ3n) is 4.58. The molecule has 0 N–H and O–H groups in total. The summed E-state index contributed by atoms with van der Waals surface area (Å²) in [7, 11) is 1.72. The number of hydrogen-bond acceptors (Lipinski definition) is 5. The predicted molar refractivity (Wildman–Crippen MR) is 99.4 cm³/mol. The van der Waals surface area contributed by atoms with Crippen molar-refractivity contribution in [3.05, 3.63) is 46.2 Å². The van der Waals surface area contributed by atoms with Gasteiger partial charge in [-0.15, -0.1) is 11.3 Å². The molecule has 0 saturated carbocycles. The minimum atomic E-state index is 0.153. The minimum Gasteiger partial charge on any atom is -0.495 e. The molecule has 1 saturated heterocycles. The van der Waals surface area contributed by atoms with Crippen molar-refractivity contribution in [3.8, 4) is 5.75 Å². The highest BCUT2D eigenvalue weighted by molar-refractivity contribution is 7.12. The summed E-state index contributed by atoms with van der Waals surface area (Å²) < 4.78 is 5.50. The Morgan fingerprint density at radius 3 is 2.79 bits per heavy atom. The van der Waals surface area contributed by atoms with Crippen LogP contribution in [-0.4, -0.2) is 43.5 Å². The van der Waals surface area contributed by atoms with Crippen molar-refractivity contribution >= 4 is 22.8 Å². The molecule has 1 aliphatic heterocycles. The number of methoxy groups -OCH3 is 1. The highest BCUT2D eigenvalue weighted by Gasteiger charge is 2.25. The van der Waals surface area contributed by atoms with Gasteiger partial charge in [0, 0.05) is 32.2 Å². The molecule has 4 nitrogen and oxygen atoms in total. The zero-order valence-corrected chi connectivity index (χ0v) is 15.3. The van der Waals surface area contributed by atoms with E-state index in [2.05, 4.69) is 34.2 Å². The lowest BCUT2D eigenvalue weighted by Gasteiger charge is -2.41. The van der Waals surface area contributed by atoms with Gasteiger partial charge in [-0.2, -0.15) is 0 Å². The summed E-state index contributed by atoms with van der Waals surface area (Å²) >= 11 is 1.55. The molecule has 24 heavy (non-hydrogen) atoms. The van der Waals surface area contributed by atoms with E-state index in [4.69, 9.17) is 4.74 Å². The van der Waals surface area contributed by atoms with Gasteiger partial charge in [-0.05, 0) is 43.0 Å². The first-order valence-corrected chi connectivity index (χ1v) is 9.17. The fraction of sp³-hybridized carbons (Fsp3) is 0.421. The summed E-state index contributed by atoms with van der Waals surface area (Å²) in [5.74, 6) is 1.09. The lowest BCUT2D eigenvalue weighted by Crippen LogP contribution is -2.51. The van der Waals surface area contributed by atoms with E-state index in [1.165, 1.54) is 11.3 Å². The van der Waals surface area contributed by atoms with E-state index in [-0.39, 0.29) is 5.78 Å². The Labute approximate surface area is 147 Å². The summed E-state index contributed by atoms with van der Waals surface area (Å²) in [4.78, 5) is 17.2. The number of nitrogens with zero attached hydrogens (tertiary/aromatic N) is 2. The van der Waals surface area contributed by atoms with Crippen molar-refractivity contribution in [2.24, 2.45) is 0 Å². The lowest BCUT2D eigenvalue weighted by molar-refractivity contribution is 0.102. The summed E-state index contributed by atoms with van der Waals surface area (Å²) in [5, 5.41) is 2.11. The van der Waals surface area contributed by atoms with Crippen LogP contribution in [0.1, 0.15) is 29.1 Å². The van der Waals surface area contributed by atoms with Crippen LogP contribution in [0.25, 0.3) is 0 Å². The first-order valence-electron chi connectivity index (χ1n) is 8.29. The number of Topliss-reactive ketones (excluding diaryl/α,β-unsaturated/α-hetero) is 1. The van der Waals surface area contributed by atoms with Crippen molar-refractivity contribution in [2.75, 3.05) is 31.6 Å². The summed E-state index contributed by atoms with van der Waals surface area (Å²) in [6.07, 6.45) is 0. The number of ether oxygens (including phenoxy) is 1. The maximum atomic E-state index is 11.5. The molecule has 2 aromatic rings. The Morgan fingerprint density at radius 2 is 2.12 bits per heavy atom. The molecule has 1 aromatic heterocycles. The summed E-state index contributed by atoms with van der Waals surface area (Å²) in [5.41, 5.74) is 2.41. The molecule has 0 spiro atoms. The lowest BCUT2D eigenvalue weighted by atomic mass is 10.1. The van der Waals surface area contributed by atoms with Crippen LogP contribution in [0.3, 0.4) is 0 Å². The van der Waals surface area contributed by atoms with Crippen LogP contribution in [0.5, 0.6) is 5.75 Å². The Balaban J connectivity index is 1.65. The second-order valence-corrected chi connectivity index (χ2v) is 7.22. The number of benzene rings is 1. The van der Waals surface area contributed by atoms with Crippen LogP contribution < -0.4 is 9.64 Å². The van der Waals surface area contributed by atoms with Gasteiger partial charge in [0.1, 0.15) is 5.75 Å². The largest absolute Gasteiger partial charge is 0.495 e. The second-order valence-electron chi connectivity index (χ2n) is 6.31. The molecule has 0 aliphatic carbocycles. The number of thiophene rings is 1. The molecule has 1 unspecified atom stereocenters. The van der Waals surface area contributed by atoms with E-state index in [9.17, 15) is 4.79 Å². The molecule has 1 atom stereocenters. The van der Waals surface area contributed by atoms with E-state index < -0.39 is 0 Å². The van der Waals surface area contributed by atoms with Crippen LogP contribution in [0.2, 0.25) is 0 Å². The standard InChI is InChI=1S/C19H24N2O2S/c1-14-11-21(17-6-4-5-7-18(17)23-3)9-8-20(14)12-16-10-19(15(2)22)24-13-16/h4-7,10,13-14H,8-9,11-12H2,1-3H3. The van der Waals surface area contributed by atoms with Crippen LogP contribution in [0.4, 0.5) is 5.69 Å². The van der Waals surface area contributed by atoms with Crippen LogP contribution in [0, 0.1) is 0 Å². The monoisotopic (exact) mass is 344 g/mol. The number of rotatable bonds is 5. The third kappa shape index (κ3) is 3.62. The number of carbonyl (C=O) groups excluding carboxylic acids is 1. The number of anilines is 1. The van der Waals surface area contributed by atoms with Gasteiger partial charge in [-0.3, -0.25) is 9.69 Å². The zero-order chi connectivity index (χ0) is 17.1. The molecular formula is C19H24N2O2S. The van der Waals surface area contributed by atoms with Gasteiger partial charge < -0.3 is 9.64 Å². The maximum Gasteiger partial charge on any atom is 0.169 e. The van der Waals surface area contributed by atoms with Crippen molar-refractivity contribution in [1.29, 1.82) is 0 Å². The highest BCUT2D eigenvalue weighted by Crippen LogP contribution is 2.30. The van der Waals surface area contributed by atoms with Gasteiger partial charge >= 0.3 is 0 Å². The van der Waals surface area contributed by atoms with E-state index in [0.717, 1.165) is 36.8 Å². The van der Waals surface area contributed by atoms with Gasteiger partial charge in [-0.25, -0.2) is 0 Å². The van der Waals surface area contributed by atoms with Crippen LogP contribution in [-0.2, 0) is 6.54 Å². The molecule has 1 fully saturated rings. The quantitative estimate of drug-likeness (QED) is 0.775. The van der Waals surface area contributed by atoms with Crippen molar-refractivity contribution in [1.82, 2.24) is 4.90 Å².